The Hall–Kier alpha value is -2.04. The second-order valence-electron chi connectivity index (χ2n) is 7.03. The Morgan fingerprint density at radius 1 is 1.19 bits per heavy atom. The van der Waals surface area contributed by atoms with Gasteiger partial charge in [0.2, 0.25) is 0 Å². The summed E-state index contributed by atoms with van der Waals surface area (Å²) in [6, 6.07) is 7.18. The van der Waals surface area contributed by atoms with Crippen molar-refractivity contribution in [3.05, 3.63) is 78.8 Å². The van der Waals surface area contributed by atoms with Crippen molar-refractivity contribution >= 4 is 34.6 Å². The number of nitrogens with zero attached hydrogens (tertiary/aromatic N) is 1. The summed E-state index contributed by atoms with van der Waals surface area (Å²) in [6.45, 7) is 3.98. The van der Waals surface area contributed by atoms with Crippen LogP contribution in [0.4, 0.5) is 11.4 Å². The zero-order chi connectivity index (χ0) is 18.6. The molecule has 0 unspecified atom stereocenters. The number of hydrogen-bond acceptors (Lipinski definition) is 3. The molecule has 134 valence electrons. The highest BCUT2D eigenvalue weighted by Gasteiger charge is 2.41. The molecule has 0 saturated carbocycles. The van der Waals surface area contributed by atoms with E-state index in [0.29, 0.717) is 21.7 Å². The fraction of sp³-hybridized carbons (Fsp3) is 0.300. The fourth-order valence-electron chi connectivity index (χ4n) is 4.26. The van der Waals surface area contributed by atoms with Crippen LogP contribution < -0.4 is 5.32 Å². The number of hydrogen-bond donors (Lipinski definition) is 1. The smallest absolute Gasteiger partial charge is 0.292 e. The van der Waals surface area contributed by atoms with Crippen LogP contribution in [0.2, 0.25) is 10.0 Å². The van der Waals surface area contributed by atoms with E-state index in [0.717, 1.165) is 28.7 Å². The number of rotatable bonds is 2. The first-order valence-corrected chi connectivity index (χ1v) is 9.30. The quantitative estimate of drug-likeness (QED) is 0.370. The lowest BCUT2D eigenvalue weighted by Crippen LogP contribution is -2.30. The molecule has 2 aromatic rings. The number of halogens is 2. The predicted octanol–water partition coefficient (Wildman–Crippen LogP) is 6.34. The Labute approximate surface area is 162 Å². The maximum Gasteiger partial charge on any atom is 0.292 e. The van der Waals surface area contributed by atoms with Crippen molar-refractivity contribution in [1.82, 2.24) is 0 Å². The summed E-state index contributed by atoms with van der Waals surface area (Å²) in [5.74, 6) is 0.448. The number of nitrogens with one attached hydrogen (secondary N) is 1. The summed E-state index contributed by atoms with van der Waals surface area (Å²) < 4.78 is 0. The molecule has 2 aliphatic rings. The van der Waals surface area contributed by atoms with Gasteiger partial charge in [0.15, 0.2) is 0 Å². The van der Waals surface area contributed by atoms with E-state index in [4.69, 9.17) is 23.2 Å². The van der Waals surface area contributed by atoms with E-state index in [9.17, 15) is 10.1 Å². The lowest BCUT2D eigenvalue weighted by Gasteiger charge is -2.38. The summed E-state index contributed by atoms with van der Waals surface area (Å²) in [7, 11) is 0. The van der Waals surface area contributed by atoms with Crippen molar-refractivity contribution in [2.75, 3.05) is 5.32 Å². The van der Waals surface area contributed by atoms with Crippen LogP contribution in [0.3, 0.4) is 0 Å². The number of anilines is 1. The molecule has 4 nitrogen and oxygen atoms in total. The van der Waals surface area contributed by atoms with Gasteiger partial charge in [-0.25, -0.2) is 0 Å². The van der Waals surface area contributed by atoms with Gasteiger partial charge in [0.25, 0.3) is 5.69 Å². The van der Waals surface area contributed by atoms with Gasteiger partial charge in [-0.15, -0.1) is 0 Å². The van der Waals surface area contributed by atoms with Crippen LogP contribution >= 0.6 is 23.2 Å². The minimum absolute atomic E-state index is 0.0573. The number of benzene rings is 2. The number of aryl methyl sites for hydroxylation is 1. The molecule has 6 heteroatoms. The highest BCUT2D eigenvalue weighted by molar-refractivity contribution is 6.42. The standard InChI is InChI=1S/C20H18Cl2N2O2/c1-10-8-17(24(25)26)20-18(11(10)2)13-4-3-5-14(13)19(23-20)12-6-7-15(21)16(22)9-12/h3-4,6-9,13-14,19,23H,5H2,1-2H3/t13-,14-,19-/m0/s1. The predicted molar refractivity (Wildman–Crippen MR) is 105 cm³/mol. The minimum Gasteiger partial charge on any atom is -0.372 e. The van der Waals surface area contributed by atoms with E-state index < -0.39 is 0 Å². The van der Waals surface area contributed by atoms with Crippen LogP contribution in [0, 0.1) is 29.9 Å². The molecule has 0 bridgehead atoms. The summed E-state index contributed by atoms with van der Waals surface area (Å²) in [6.07, 6.45) is 5.28. The number of nitro groups is 1. The minimum atomic E-state index is -0.302. The van der Waals surface area contributed by atoms with E-state index in [1.54, 1.807) is 12.1 Å². The van der Waals surface area contributed by atoms with E-state index in [1.807, 2.05) is 26.0 Å². The molecule has 1 aliphatic carbocycles. The summed E-state index contributed by atoms with van der Waals surface area (Å²) in [5.41, 5.74) is 4.87. The van der Waals surface area contributed by atoms with Crippen molar-refractivity contribution < 1.29 is 4.92 Å². The zero-order valence-electron chi connectivity index (χ0n) is 14.4. The molecule has 1 N–H and O–H groups in total. The molecule has 0 spiro atoms. The van der Waals surface area contributed by atoms with E-state index in [-0.39, 0.29) is 22.6 Å². The molecule has 26 heavy (non-hydrogen) atoms. The Morgan fingerprint density at radius 2 is 1.96 bits per heavy atom. The molecule has 0 radical (unpaired) electrons. The van der Waals surface area contributed by atoms with Gasteiger partial charge in [-0.3, -0.25) is 10.1 Å². The average Bonchev–Trinajstić information content (AvgIpc) is 3.08. The van der Waals surface area contributed by atoms with E-state index in [1.165, 1.54) is 0 Å². The van der Waals surface area contributed by atoms with Gasteiger partial charge in [0, 0.05) is 12.0 Å². The first kappa shape index (κ1) is 17.4. The lowest BCUT2D eigenvalue weighted by atomic mass is 9.74. The van der Waals surface area contributed by atoms with E-state index >= 15 is 0 Å². The van der Waals surface area contributed by atoms with Gasteiger partial charge in [0.05, 0.1) is 21.0 Å². The molecule has 3 atom stereocenters. The largest absolute Gasteiger partial charge is 0.372 e. The third-order valence-electron chi connectivity index (χ3n) is 5.65. The van der Waals surface area contributed by atoms with Gasteiger partial charge in [-0.05, 0) is 60.6 Å². The van der Waals surface area contributed by atoms with Gasteiger partial charge < -0.3 is 5.32 Å². The molecule has 2 aromatic carbocycles. The monoisotopic (exact) mass is 388 g/mol. The highest BCUT2D eigenvalue weighted by Crippen LogP contribution is 2.53. The second kappa shape index (κ2) is 6.29. The maximum atomic E-state index is 11.7. The maximum absolute atomic E-state index is 11.7. The summed E-state index contributed by atoms with van der Waals surface area (Å²) >= 11 is 12.3. The van der Waals surface area contributed by atoms with Crippen LogP contribution in [-0.4, -0.2) is 4.92 Å². The summed E-state index contributed by atoms with van der Waals surface area (Å²) in [5, 5.41) is 16.1. The molecule has 0 saturated heterocycles. The molecule has 4 rings (SSSR count). The van der Waals surface area contributed by atoms with Crippen LogP contribution in [0.5, 0.6) is 0 Å². The summed E-state index contributed by atoms with van der Waals surface area (Å²) in [4.78, 5) is 11.4. The van der Waals surface area contributed by atoms with Crippen LogP contribution in [0.25, 0.3) is 0 Å². The highest BCUT2D eigenvalue weighted by atomic mass is 35.5. The average molecular weight is 389 g/mol. The van der Waals surface area contributed by atoms with Gasteiger partial charge >= 0.3 is 0 Å². The Balaban J connectivity index is 1.90. The number of fused-ring (bicyclic) bond motifs is 3. The molecular weight excluding hydrogens is 371 g/mol. The lowest BCUT2D eigenvalue weighted by molar-refractivity contribution is -0.384. The van der Waals surface area contributed by atoms with E-state index in [2.05, 4.69) is 17.5 Å². The van der Waals surface area contributed by atoms with Crippen molar-refractivity contribution in [1.29, 1.82) is 0 Å². The SMILES string of the molecule is Cc1cc([N+](=O)[O-])c2c(c1C)[C@H]1C=CC[C@@H]1[C@H](c1ccc(Cl)c(Cl)c1)N2. The fourth-order valence-corrected chi connectivity index (χ4v) is 4.57. The van der Waals surface area contributed by atoms with Crippen molar-refractivity contribution in [2.45, 2.75) is 32.2 Å². The molecule has 1 heterocycles. The number of nitro benzene ring substituents is 1. The van der Waals surface area contributed by atoms with Gasteiger partial charge in [-0.1, -0.05) is 41.4 Å². The third kappa shape index (κ3) is 2.60. The third-order valence-corrected chi connectivity index (χ3v) is 6.39. The van der Waals surface area contributed by atoms with Crippen LogP contribution in [0.15, 0.2) is 36.4 Å². The molecule has 0 fully saturated rings. The Kier molecular flexibility index (Phi) is 4.20. The number of allylic oxidation sites excluding steroid dienone is 2. The van der Waals surface area contributed by atoms with Crippen molar-refractivity contribution in [3.8, 4) is 0 Å². The van der Waals surface area contributed by atoms with Gasteiger partial charge in [-0.2, -0.15) is 0 Å². The van der Waals surface area contributed by atoms with Crippen molar-refractivity contribution in [3.63, 3.8) is 0 Å². The second-order valence-corrected chi connectivity index (χ2v) is 7.85. The van der Waals surface area contributed by atoms with Crippen molar-refractivity contribution in [2.24, 2.45) is 5.92 Å². The molecule has 0 amide bonds. The van der Waals surface area contributed by atoms with Gasteiger partial charge in [0.1, 0.15) is 5.69 Å². The Bertz CT molecular complexity index is 955. The molecule has 0 aromatic heterocycles. The first-order valence-electron chi connectivity index (χ1n) is 8.55. The zero-order valence-corrected chi connectivity index (χ0v) is 15.9. The molecular formula is C20H18Cl2N2O2. The first-order chi connectivity index (χ1) is 12.4. The normalized spacial score (nSPS) is 23.3. The topological polar surface area (TPSA) is 55.2 Å². The Morgan fingerprint density at radius 3 is 2.65 bits per heavy atom. The molecule has 1 aliphatic heterocycles. The van der Waals surface area contributed by atoms with Crippen LogP contribution in [0.1, 0.15) is 40.6 Å². The van der Waals surface area contributed by atoms with Crippen LogP contribution in [-0.2, 0) is 0 Å².